The molecule has 0 fully saturated rings. The molecule has 0 radical (unpaired) electrons. The van der Waals surface area contributed by atoms with Crippen LogP contribution in [0.5, 0.6) is 5.75 Å². The van der Waals surface area contributed by atoms with E-state index in [1.54, 1.807) is 20.1 Å². The SMILES string of the molecule is CNC(Cc1ccc(OC)c(Br)c1)c1ccc(C)c(F)c1. The fourth-order valence-electron chi connectivity index (χ4n) is 2.28. The van der Waals surface area contributed by atoms with E-state index >= 15 is 0 Å². The summed E-state index contributed by atoms with van der Waals surface area (Å²) in [5.41, 5.74) is 2.77. The second-order valence-corrected chi connectivity index (χ2v) is 5.88. The van der Waals surface area contributed by atoms with Gasteiger partial charge in [-0.05, 0) is 71.2 Å². The number of aryl methyl sites for hydroxylation is 1. The Hall–Kier alpha value is -1.39. The van der Waals surface area contributed by atoms with Crippen LogP contribution in [-0.2, 0) is 6.42 Å². The highest BCUT2D eigenvalue weighted by Gasteiger charge is 2.13. The molecule has 21 heavy (non-hydrogen) atoms. The van der Waals surface area contributed by atoms with E-state index in [1.807, 2.05) is 37.4 Å². The molecule has 0 saturated carbocycles. The number of nitrogens with one attached hydrogen (secondary N) is 1. The minimum absolute atomic E-state index is 0.0698. The van der Waals surface area contributed by atoms with E-state index in [2.05, 4.69) is 21.2 Å². The summed E-state index contributed by atoms with van der Waals surface area (Å²) in [6, 6.07) is 11.5. The number of methoxy groups -OCH3 is 1. The molecule has 0 aromatic heterocycles. The van der Waals surface area contributed by atoms with Crippen LogP contribution in [0.3, 0.4) is 0 Å². The van der Waals surface area contributed by atoms with Crippen molar-refractivity contribution in [2.75, 3.05) is 14.2 Å². The average molecular weight is 352 g/mol. The average Bonchev–Trinajstić information content (AvgIpc) is 2.48. The summed E-state index contributed by atoms with van der Waals surface area (Å²) in [6.45, 7) is 1.77. The summed E-state index contributed by atoms with van der Waals surface area (Å²) >= 11 is 3.49. The van der Waals surface area contributed by atoms with Crippen LogP contribution in [0.4, 0.5) is 4.39 Å². The third-order valence-electron chi connectivity index (χ3n) is 3.60. The van der Waals surface area contributed by atoms with Crippen molar-refractivity contribution in [3.63, 3.8) is 0 Å². The van der Waals surface area contributed by atoms with E-state index in [1.165, 1.54) is 0 Å². The highest BCUT2D eigenvalue weighted by molar-refractivity contribution is 9.10. The quantitative estimate of drug-likeness (QED) is 0.861. The van der Waals surface area contributed by atoms with Crippen LogP contribution >= 0.6 is 15.9 Å². The Kier molecular flexibility index (Phi) is 5.37. The minimum atomic E-state index is -0.163. The van der Waals surface area contributed by atoms with E-state index < -0.39 is 0 Å². The number of likely N-dealkylation sites (N-methyl/N-ethyl adjacent to an activating group) is 1. The lowest BCUT2D eigenvalue weighted by molar-refractivity contribution is 0.412. The van der Waals surface area contributed by atoms with Gasteiger partial charge in [-0.25, -0.2) is 4.39 Å². The smallest absolute Gasteiger partial charge is 0.133 e. The first kappa shape index (κ1) is 16.0. The number of hydrogen-bond donors (Lipinski definition) is 1. The predicted molar refractivity (Wildman–Crippen MR) is 87.3 cm³/mol. The highest BCUT2D eigenvalue weighted by atomic mass is 79.9. The van der Waals surface area contributed by atoms with Gasteiger partial charge in [0, 0.05) is 6.04 Å². The highest BCUT2D eigenvalue weighted by Crippen LogP contribution is 2.28. The van der Waals surface area contributed by atoms with E-state index in [9.17, 15) is 4.39 Å². The molecule has 112 valence electrons. The first-order valence-electron chi connectivity index (χ1n) is 6.81. The second kappa shape index (κ2) is 7.05. The molecule has 1 atom stereocenters. The van der Waals surface area contributed by atoms with Crippen molar-refractivity contribution in [1.29, 1.82) is 0 Å². The van der Waals surface area contributed by atoms with Crippen LogP contribution in [-0.4, -0.2) is 14.2 Å². The van der Waals surface area contributed by atoms with Crippen LogP contribution in [0.15, 0.2) is 40.9 Å². The Morgan fingerprint density at radius 1 is 1.24 bits per heavy atom. The summed E-state index contributed by atoms with van der Waals surface area (Å²) in [5, 5.41) is 3.25. The van der Waals surface area contributed by atoms with E-state index in [0.717, 1.165) is 27.8 Å². The molecular formula is C17H19BrFNO. The van der Waals surface area contributed by atoms with E-state index in [4.69, 9.17) is 4.74 Å². The molecule has 0 saturated heterocycles. The number of rotatable bonds is 5. The molecule has 4 heteroatoms. The maximum absolute atomic E-state index is 13.7. The molecule has 0 aliphatic rings. The van der Waals surface area contributed by atoms with Crippen LogP contribution in [0.1, 0.15) is 22.7 Å². The van der Waals surface area contributed by atoms with Crippen molar-refractivity contribution in [3.8, 4) is 5.75 Å². The number of hydrogen-bond acceptors (Lipinski definition) is 2. The molecule has 0 aliphatic heterocycles. The number of ether oxygens (including phenoxy) is 1. The Balaban J connectivity index is 2.22. The van der Waals surface area contributed by atoms with Crippen molar-refractivity contribution in [2.45, 2.75) is 19.4 Å². The maximum atomic E-state index is 13.7. The molecule has 1 N–H and O–H groups in total. The summed E-state index contributed by atoms with van der Waals surface area (Å²) in [6.07, 6.45) is 0.779. The van der Waals surface area contributed by atoms with Gasteiger partial charge in [-0.3, -0.25) is 0 Å². The monoisotopic (exact) mass is 351 g/mol. The molecule has 2 aromatic rings. The van der Waals surface area contributed by atoms with Gasteiger partial charge >= 0.3 is 0 Å². The molecule has 0 amide bonds. The van der Waals surface area contributed by atoms with Crippen molar-refractivity contribution in [1.82, 2.24) is 5.32 Å². The topological polar surface area (TPSA) is 21.3 Å². The third kappa shape index (κ3) is 3.83. The van der Waals surface area contributed by atoms with Gasteiger partial charge in [0.05, 0.1) is 11.6 Å². The molecule has 0 bridgehead atoms. The lowest BCUT2D eigenvalue weighted by atomic mass is 9.98. The lowest BCUT2D eigenvalue weighted by Crippen LogP contribution is -2.19. The maximum Gasteiger partial charge on any atom is 0.133 e. The van der Waals surface area contributed by atoms with Crippen LogP contribution in [0.25, 0.3) is 0 Å². The van der Waals surface area contributed by atoms with Gasteiger partial charge in [-0.1, -0.05) is 18.2 Å². The Bertz CT molecular complexity index is 630. The second-order valence-electron chi connectivity index (χ2n) is 5.02. The zero-order valence-corrected chi connectivity index (χ0v) is 14.0. The molecule has 2 aromatic carbocycles. The number of benzene rings is 2. The molecule has 0 aliphatic carbocycles. The van der Waals surface area contributed by atoms with Crippen LogP contribution in [0.2, 0.25) is 0 Å². The molecular weight excluding hydrogens is 333 g/mol. The fraction of sp³-hybridized carbons (Fsp3) is 0.294. The lowest BCUT2D eigenvalue weighted by Gasteiger charge is -2.18. The normalized spacial score (nSPS) is 12.2. The van der Waals surface area contributed by atoms with Gasteiger partial charge in [0.1, 0.15) is 11.6 Å². The van der Waals surface area contributed by atoms with Gasteiger partial charge in [0.2, 0.25) is 0 Å². The van der Waals surface area contributed by atoms with Crippen LogP contribution in [0, 0.1) is 12.7 Å². The number of halogens is 2. The van der Waals surface area contributed by atoms with Gasteiger partial charge in [-0.15, -0.1) is 0 Å². The summed E-state index contributed by atoms with van der Waals surface area (Å²) < 4.78 is 19.9. The van der Waals surface area contributed by atoms with Gasteiger partial charge in [0.25, 0.3) is 0 Å². The molecule has 0 heterocycles. The van der Waals surface area contributed by atoms with Crippen molar-refractivity contribution < 1.29 is 9.13 Å². The largest absolute Gasteiger partial charge is 0.496 e. The Morgan fingerprint density at radius 2 is 2.00 bits per heavy atom. The van der Waals surface area contributed by atoms with Crippen molar-refractivity contribution in [3.05, 3.63) is 63.4 Å². The standard InChI is InChI=1S/C17H19BrFNO/c1-11-4-6-13(10-15(11)19)16(20-2)9-12-5-7-17(21-3)14(18)8-12/h4-8,10,16,20H,9H2,1-3H3. The summed E-state index contributed by atoms with van der Waals surface area (Å²) in [4.78, 5) is 0. The van der Waals surface area contributed by atoms with Gasteiger partial charge < -0.3 is 10.1 Å². The summed E-state index contributed by atoms with van der Waals surface area (Å²) in [5.74, 6) is 0.643. The first-order chi connectivity index (χ1) is 10.0. The molecule has 2 rings (SSSR count). The van der Waals surface area contributed by atoms with E-state index in [0.29, 0.717) is 5.56 Å². The van der Waals surface area contributed by atoms with Crippen molar-refractivity contribution in [2.24, 2.45) is 0 Å². The summed E-state index contributed by atoms with van der Waals surface area (Å²) in [7, 11) is 3.53. The van der Waals surface area contributed by atoms with Crippen molar-refractivity contribution >= 4 is 15.9 Å². The molecule has 0 spiro atoms. The van der Waals surface area contributed by atoms with Gasteiger partial charge in [-0.2, -0.15) is 0 Å². The molecule has 1 unspecified atom stereocenters. The minimum Gasteiger partial charge on any atom is -0.496 e. The zero-order valence-electron chi connectivity index (χ0n) is 12.4. The zero-order chi connectivity index (χ0) is 15.4. The fourth-order valence-corrected chi connectivity index (χ4v) is 2.87. The third-order valence-corrected chi connectivity index (χ3v) is 4.22. The van der Waals surface area contributed by atoms with Crippen LogP contribution < -0.4 is 10.1 Å². The van der Waals surface area contributed by atoms with E-state index in [-0.39, 0.29) is 11.9 Å². The molecule has 2 nitrogen and oxygen atoms in total. The Labute approximate surface area is 133 Å². The van der Waals surface area contributed by atoms with Gasteiger partial charge in [0.15, 0.2) is 0 Å². The first-order valence-corrected chi connectivity index (χ1v) is 7.60. The predicted octanol–water partition coefficient (Wildman–Crippen LogP) is 4.41. The Morgan fingerprint density at radius 3 is 2.57 bits per heavy atom.